The SMILES string of the molecule is CC(Oc1ccc(Br)cc1C(C)C)C(=O)NC1CCCC1. The Morgan fingerprint density at radius 1 is 1.29 bits per heavy atom. The van der Waals surface area contributed by atoms with E-state index in [9.17, 15) is 4.79 Å². The summed E-state index contributed by atoms with van der Waals surface area (Å²) in [6, 6.07) is 6.27. The van der Waals surface area contributed by atoms with Gasteiger partial charge in [-0.05, 0) is 49.4 Å². The molecule has 0 aromatic heterocycles. The lowest BCUT2D eigenvalue weighted by atomic mass is 10.0. The van der Waals surface area contributed by atoms with Gasteiger partial charge in [0, 0.05) is 10.5 Å². The van der Waals surface area contributed by atoms with Gasteiger partial charge >= 0.3 is 0 Å². The summed E-state index contributed by atoms with van der Waals surface area (Å²) in [7, 11) is 0. The Morgan fingerprint density at radius 3 is 2.57 bits per heavy atom. The second kappa shape index (κ2) is 7.30. The van der Waals surface area contributed by atoms with Crippen molar-refractivity contribution >= 4 is 21.8 Å². The van der Waals surface area contributed by atoms with Gasteiger partial charge in [0.05, 0.1) is 0 Å². The zero-order chi connectivity index (χ0) is 15.4. The number of hydrogen-bond acceptors (Lipinski definition) is 2. The van der Waals surface area contributed by atoms with E-state index in [0.717, 1.165) is 28.6 Å². The minimum Gasteiger partial charge on any atom is -0.481 e. The van der Waals surface area contributed by atoms with Crippen LogP contribution in [0.5, 0.6) is 5.75 Å². The summed E-state index contributed by atoms with van der Waals surface area (Å²) in [6.45, 7) is 6.06. The van der Waals surface area contributed by atoms with Crippen LogP contribution in [0.4, 0.5) is 0 Å². The standard InChI is InChI=1S/C17H24BrNO2/c1-11(2)15-10-13(18)8-9-16(15)21-12(3)17(20)19-14-6-4-5-7-14/h8-12,14H,4-7H2,1-3H3,(H,19,20). The number of amides is 1. The average Bonchev–Trinajstić information content (AvgIpc) is 2.93. The second-order valence-corrected chi connectivity index (χ2v) is 7.00. The van der Waals surface area contributed by atoms with Crippen molar-refractivity contribution in [3.05, 3.63) is 28.2 Å². The normalized spacial score (nSPS) is 17.0. The number of benzene rings is 1. The number of nitrogens with one attached hydrogen (secondary N) is 1. The van der Waals surface area contributed by atoms with Crippen molar-refractivity contribution in [2.45, 2.75) is 64.5 Å². The summed E-state index contributed by atoms with van der Waals surface area (Å²) in [4.78, 5) is 12.2. The average molecular weight is 354 g/mol. The third-order valence-electron chi connectivity index (χ3n) is 3.97. The van der Waals surface area contributed by atoms with Crippen molar-refractivity contribution in [1.29, 1.82) is 0 Å². The topological polar surface area (TPSA) is 38.3 Å². The van der Waals surface area contributed by atoms with Crippen molar-refractivity contribution < 1.29 is 9.53 Å². The molecule has 1 amide bonds. The zero-order valence-corrected chi connectivity index (χ0v) is 14.6. The Balaban J connectivity index is 2.01. The first-order valence-corrected chi connectivity index (χ1v) is 8.53. The van der Waals surface area contributed by atoms with Crippen LogP contribution in [0.15, 0.2) is 22.7 Å². The molecule has 1 atom stereocenters. The minimum absolute atomic E-state index is 0.0143. The summed E-state index contributed by atoms with van der Waals surface area (Å²) in [5.41, 5.74) is 1.12. The highest BCUT2D eigenvalue weighted by Crippen LogP contribution is 2.30. The molecule has 0 spiro atoms. The molecule has 1 saturated carbocycles. The Bertz CT molecular complexity index is 496. The molecule has 0 aliphatic heterocycles. The summed E-state index contributed by atoms with van der Waals surface area (Å²) < 4.78 is 6.93. The van der Waals surface area contributed by atoms with Crippen LogP contribution in [0, 0.1) is 0 Å². The summed E-state index contributed by atoms with van der Waals surface area (Å²) in [5, 5.41) is 3.09. The van der Waals surface area contributed by atoms with Gasteiger partial charge < -0.3 is 10.1 Å². The van der Waals surface area contributed by atoms with Crippen molar-refractivity contribution in [2.24, 2.45) is 0 Å². The zero-order valence-electron chi connectivity index (χ0n) is 13.0. The fraction of sp³-hybridized carbons (Fsp3) is 0.588. The Labute approximate surface area is 135 Å². The maximum absolute atomic E-state index is 12.2. The number of ether oxygens (including phenoxy) is 1. The Hall–Kier alpha value is -1.03. The monoisotopic (exact) mass is 353 g/mol. The number of halogens is 1. The van der Waals surface area contributed by atoms with Gasteiger partial charge in [0.2, 0.25) is 0 Å². The molecule has 0 saturated heterocycles. The first-order chi connectivity index (χ1) is 9.97. The molecule has 2 rings (SSSR count). The van der Waals surface area contributed by atoms with Crippen LogP contribution in [-0.4, -0.2) is 18.1 Å². The van der Waals surface area contributed by atoms with Crippen molar-refractivity contribution in [2.75, 3.05) is 0 Å². The lowest BCUT2D eigenvalue weighted by Crippen LogP contribution is -2.41. The lowest BCUT2D eigenvalue weighted by Gasteiger charge is -2.20. The van der Waals surface area contributed by atoms with E-state index in [1.54, 1.807) is 0 Å². The van der Waals surface area contributed by atoms with Crippen LogP contribution >= 0.6 is 15.9 Å². The van der Waals surface area contributed by atoms with Crippen LogP contribution in [-0.2, 0) is 4.79 Å². The predicted molar refractivity (Wildman–Crippen MR) is 88.7 cm³/mol. The maximum Gasteiger partial charge on any atom is 0.260 e. The smallest absolute Gasteiger partial charge is 0.260 e. The highest BCUT2D eigenvalue weighted by Gasteiger charge is 2.22. The molecule has 116 valence electrons. The van der Waals surface area contributed by atoms with Gasteiger partial charge in [-0.15, -0.1) is 0 Å². The summed E-state index contributed by atoms with van der Waals surface area (Å²) in [5.74, 6) is 1.13. The van der Waals surface area contributed by atoms with E-state index in [-0.39, 0.29) is 5.91 Å². The van der Waals surface area contributed by atoms with Crippen LogP contribution in [0.3, 0.4) is 0 Å². The van der Waals surface area contributed by atoms with Gasteiger partial charge in [-0.25, -0.2) is 0 Å². The van der Waals surface area contributed by atoms with Gasteiger partial charge in [0.25, 0.3) is 5.91 Å². The molecule has 1 aromatic carbocycles. The summed E-state index contributed by atoms with van der Waals surface area (Å²) in [6.07, 6.45) is 4.14. The molecular weight excluding hydrogens is 330 g/mol. The molecule has 0 heterocycles. The van der Waals surface area contributed by atoms with E-state index in [0.29, 0.717) is 12.0 Å². The molecule has 1 N–H and O–H groups in total. The highest BCUT2D eigenvalue weighted by molar-refractivity contribution is 9.10. The molecule has 21 heavy (non-hydrogen) atoms. The van der Waals surface area contributed by atoms with E-state index in [1.807, 2.05) is 19.1 Å². The Morgan fingerprint density at radius 2 is 1.95 bits per heavy atom. The van der Waals surface area contributed by atoms with E-state index in [2.05, 4.69) is 41.2 Å². The second-order valence-electron chi connectivity index (χ2n) is 6.09. The lowest BCUT2D eigenvalue weighted by molar-refractivity contribution is -0.128. The van der Waals surface area contributed by atoms with Gasteiger partial charge in [-0.3, -0.25) is 4.79 Å². The molecule has 3 nitrogen and oxygen atoms in total. The summed E-state index contributed by atoms with van der Waals surface area (Å²) >= 11 is 3.48. The number of hydrogen-bond donors (Lipinski definition) is 1. The van der Waals surface area contributed by atoms with Gasteiger partial charge in [0.15, 0.2) is 6.10 Å². The number of rotatable bonds is 5. The van der Waals surface area contributed by atoms with Crippen LogP contribution < -0.4 is 10.1 Å². The van der Waals surface area contributed by atoms with E-state index >= 15 is 0 Å². The van der Waals surface area contributed by atoms with Gasteiger partial charge in [-0.1, -0.05) is 42.6 Å². The minimum atomic E-state index is -0.468. The third kappa shape index (κ3) is 4.47. The van der Waals surface area contributed by atoms with E-state index in [4.69, 9.17) is 4.74 Å². The van der Waals surface area contributed by atoms with Crippen LogP contribution in [0.1, 0.15) is 57.9 Å². The first kappa shape index (κ1) is 16.3. The largest absolute Gasteiger partial charge is 0.481 e. The Kier molecular flexibility index (Phi) is 5.68. The van der Waals surface area contributed by atoms with Crippen molar-refractivity contribution in [1.82, 2.24) is 5.32 Å². The molecular formula is C17H24BrNO2. The fourth-order valence-electron chi connectivity index (χ4n) is 2.71. The quantitative estimate of drug-likeness (QED) is 0.851. The van der Waals surface area contributed by atoms with Crippen LogP contribution in [0.25, 0.3) is 0 Å². The van der Waals surface area contributed by atoms with Crippen molar-refractivity contribution in [3.8, 4) is 5.75 Å². The highest BCUT2D eigenvalue weighted by atomic mass is 79.9. The molecule has 0 radical (unpaired) electrons. The van der Waals surface area contributed by atoms with Gasteiger partial charge in [-0.2, -0.15) is 0 Å². The van der Waals surface area contributed by atoms with Gasteiger partial charge in [0.1, 0.15) is 5.75 Å². The van der Waals surface area contributed by atoms with E-state index < -0.39 is 6.10 Å². The molecule has 1 aromatic rings. The number of carbonyl (C=O) groups is 1. The molecule has 1 aliphatic carbocycles. The first-order valence-electron chi connectivity index (χ1n) is 7.74. The van der Waals surface area contributed by atoms with Crippen molar-refractivity contribution in [3.63, 3.8) is 0 Å². The molecule has 1 unspecified atom stereocenters. The third-order valence-corrected chi connectivity index (χ3v) is 4.46. The molecule has 1 aliphatic rings. The molecule has 1 fully saturated rings. The van der Waals surface area contributed by atoms with E-state index in [1.165, 1.54) is 12.8 Å². The number of carbonyl (C=O) groups excluding carboxylic acids is 1. The van der Waals surface area contributed by atoms with Crippen LogP contribution in [0.2, 0.25) is 0 Å². The predicted octanol–water partition coefficient (Wildman–Crippen LogP) is 4.40. The fourth-order valence-corrected chi connectivity index (χ4v) is 3.09. The molecule has 4 heteroatoms. The molecule has 0 bridgehead atoms. The maximum atomic E-state index is 12.2.